The third-order valence-electron chi connectivity index (χ3n) is 3.36. The van der Waals surface area contributed by atoms with Crippen molar-refractivity contribution in [1.82, 2.24) is 10.3 Å². The summed E-state index contributed by atoms with van der Waals surface area (Å²) in [7, 11) is 0. The van der Waals surface area contributed by atoms with Gasteiger partial charge >= 0.3 is 0 Å². The van der Waals surface area contributed by atoms with Gasteiger partial charge in [0.25, 0.3) is 5.91 Å². The first kappa shape index (κ1) is 18.4. The highest BCUT2D eigenvalue weighted by Crippen LogP contribution is 2.15. The van der Waals surface area contributed by atoms with E-state index >= 15 is 0 Å². The van der Waals surface area contributed by atoms with Gasteiger partial charge in [0.1, 0.15) is 11.2 Å². The molecule has 0 bridgehead atoms. The Kier molecular flexibility index (Phi) is 6.08. The first-order valence-corrected chi connectivity index (χ1v) is 7.82. The number of carbonyl (C=O) groups excluding carboxylic acids is 3. The van der Waals surface area contributed by atoms with Gasteiger partial charge < -0.3 is 16.4 Å². The number of hydrogen-bond acceptors (Lipinski definition) is 4. The summed E-state index contributed by atoms with van der Waals surface area (Å²) in [6.45, 7) is 1.34. The topological polar surface area (TPSA) is 114 Å². The van der Waals surface area contributed by atoms with Crippen molar-refractivity contribution in [1.29, 1.82) is 0 Å². The molecule has 0 spiro atoms. The normalized spacial score (nSPS) is 11.4. The molecule has 1 aromatic carbocycles. The number of nitrogens with one attached hydrogen (secondary N) is 2. The van der Waals surface area contributed by atoms with Crippen LogP contribution in [0, 0.1) is 0 Å². The molecule has 3 amide bonds. The number of primary amides is 1. The highest BCUT2D eigenvalue weighted by Gasteiger charge is 2.21. The molecule has 2 aromatic rings. The number of benzene rings is 1. The van der Waals surface area contributed by atoms with E-state index in [1.165, 1.54) is 13.1 Å². The molecular formula is C17H17ClN4O3. The largest absolute Gasteiger partial charge is 0.368 e. The van der Waals surface area contributed by atoms with Crippen LogP contribution >= 0.6 is 11.6 Å². The number of para-hydroxylation sites is 1. The molecule has 0 aliphatic rings. The second kappa shape index (κ2) is 8.25. The summed E-state index contributed by atoms with van der Waals surface area (Å²) in [5.74, 6) is -1.51. The summed E-state index contributed by atoms with van der Waals surface area (Å²) in [4.78, 5) is 39.4. The quantitative estimate of drug-likeness (QED) is 0.677. The number of pyridine rings is 1. The van der Waals surface area contributed by atoms with E-state index in [9.17, 15) is 14.4 Å². The van der Waals surface area contributed by atoms with Crippen molar-refractivity contribution in [3.05, 3.63) is 58.9 Å². The molecule has 7 nitrogen and oxygen atoms in total. The zero-order valence-corrected chi connectivity index (χ0v) is 14.2. The molecule has 0 saturated carbocycles. The average Bonchev–Trinajstić information content (AvgIpc) is 2.56. The molecule has 0 aliphatic heterocycles. The first-order valence-electron chi connectivity index (χ1n) is 7.44. The van der Waals surface area contributed by atoms with Gasteiger partial charge in [0.15, 0.2) is 0 Å². The molecule has 25 heavy (non-hydrogen) atoms. The van der Waals surface area contributed by atoms with E-state index in [0.29, 0.717) is 16.4 Å². The summed E-state index contributed by atoms with van der Waals surface area (Å²) in [5, 5.41) is 5.48. The van der Waals surface area contributed by atoms with Gasteiger partial charge in [-0.05, 0) is 23.8 Å². The minimum absolute atomic E-state index is 0.174. The lowest BCUT2D eigenvalue weighted by Crippen LogP contribution is -2.46. The Morgan fingerprint density at radius 3 is 2.52 bits per heavy atom. The maximum atomic E-state index is 12.5. The van der Waals surface area contributed by atoms with Crippen LogP contribution in [0.5, 0.6) is 0 Å². The molecule has 8 heteroatoms. The lowest BCUT2D eigenvalue weighted by molar-refractivity contribution is -0.119. The molecule has 0 saturated heterocycles. The Balaban J connectivity index is 2.17. The van der Waals surface area contributed by atoms with Crippen LogP contribution in [0.15, 0.2) is 42.6 Å². The third kappa shape index (κ3) is 5.29. The second-order valence-electron chi connectivity index (χ2n) is 5.35. The van der Waals surface area contributed by atoms with Crippen molar-refractivity contribution in [2.75, 3.05) is 5.32 Å². The maximum Gasteiger partial charge on any atom is 0.254 e. The molecule has 0 fully saturated rings. The molecule has 0 unspecified atom stereocenters. The number of nitrogens with zero attached hydrogens (tertiary/aromatic N) is 1. The predicted octanol–water partition coefficient (Wildman–Crippen LogP) is 1.52. The Bertz CT molecular complexity index is 793. The highest BCUT2D eigenvalue weighted by molar-refractivity contribution is 6.29. The van der Waals surface area contributed by atoms with E-state index in [0.717, 1.165) is 0 Å². The average molecular weight is 361 g/mol. The summed E-state index contributed by atoms with van der Waals surface area (Å²) < 4.78 is 0. The molecule has 1 atom stereocenters. The molecule has 1 heterocycles. The van der Waals surface area contributed by atoms with E-state index in [-0.39, 0.29) is 17.9 Å². The number of aromatic nitrogens is 1. The van der Waals surface area contributed by atoms with Gasteiger partial charge in [-0.1, -0.05) is 29.8 Å². The van der Waals surface area contributed by atoms with Crippen LogP contribution < -0.4 is 16.4 Å². The third-order valence-corrected chi connectivity index (χ3v) is 3.58. The zero-order chi connectivity index (χ0) is 18.4. The fourth-order valence-corrected chi connectivity index (χ4v) is 2.31. The number of carbonyl (C=O) groups is 3. The standard InChI is InChI=1S/C17H17ClN4O3/c1-10(23)21-13-5-3-2-4-12(13)17(25)22-14(16(19)24)8-11-6-7-15(18)20-9-11/h2-7,9,14H,8H2,1H3,(H2,19,24)(H,21,23)(H,22,25)/t14-/m1/s1. The van der Waals surface area contributed by atoms with E-state index in [2.05, 4.69) is 15.6 Å². The Hall–Kier alpha value is -2.93. The zero-order valence-electron chi connectivity index (χ0n) is 13.5. The van der Waals surface area contributed by atoms with Gasteiger partial charge in [0, 0.05) is 19.5 Å². The van der Waals surface area contributed by atoms with E-state index < -0.39 is 17.9 Å². The summed E-state index contributed by atoms with van der Waals surface area (Å²) in [6.07, 6.45) is 1.68. The van der Waals surface area contributed by atoms with Gasteiger partial charge in [-0.2, -0.15) is 0 Å². The molecule has 1 aromatic heterocycles. The van der Waals surface area contributed by atoms with Crippen LogP contribution in [0.4, 0.5) is 5.69 Å². The Morgan fingerprint density at radius 1 is 1.20 bits per heavy atom. The monoisotopic (exact) mass is 360 g/mol. The Labute approximate surface area is 149 Å². The van der Waals surface area contributed by atoms with Crippen LogP contribution in [0.3, 0.4) is 0 Å². The fraction of sp³-hybridized carbons (Fsp3) is 0.176. The second-order valence-corrected chi connectivity index (χ2v) is 5.74. The van der Waals surface area contributed by atoms with Crippen molar-refractivity contribution in [3.63, 3.8) is 0 Å². The number of halogens is 1. The lowest BCUT2D eigenvalue weighted by atomic mass is 10.1. The van der Waals surface area contributed by atoms with Gasteiger partial charge in [0.2, 0.25) is 11.8 Å². The predicted molar refractivity (Wildman–Crippen MR) is 94.1 cm³/mol. The number of anilines is 1. The van der Waals surface area contributed by atoms with Gasteiger partial charge in [-0.15, -0.1) is 0 Å². The lowest BCUT2D eigenvalue weighted by Gasteiger charge is -2.17. The summed E-state index contributed by atoms with van der Waals surface area (Å²) >= 11 is 5.73. The molecule has 130 valence electrons. The maximum absolute atomic E-state index is 12.5. The fourth-order valence-electron chi connectivity index (χ4n) is 2.20. The molecule has 0 radical (unpaired) electrons. The highest BCUT2D eigenvalue weighted by atomic mass is 35.5. The van der Waals surface area contributed by atoms with Crippen LogP contribution in [-0.2, 0) is 16.0 Å². The number of hydrogen-bond donors (Lipinski definition) is 3. The Morgan fingerprint density at radius 2 is 1.92 bits per heavy atom. The first-order chi connectivity index (χ1) is 11.9. The number of rotatable bonds is 6. The van der Waals surface area contributed by atoms with Crippen LogP contribution in [-0.4, -0.2) is 28.7 Å². The summed E-state index contributed by atoms with van der Waals surface area (Å²) in [5.41, 5.74) is 6.67. The van der Waals surface area contributed by atoms with Crippen molar-refractivity contribution in [3.8, 4) is 0 Å². The van der Waals surface area contributed by atoms with Gasteiger partial charge in [-0.3, -0.25) is 14.4 Å². The van der Waals surface area contributed by atoms with Gasteiger partial charge in [0.05, 0.1) is 11.3 Å². The van der Waals surface area contributed by atoms with Crippen LogP contribution in [0.2, 0.25) is 5.15 Å². The van der Waals surface area contributed by atoms with E-state index in [1.54, 1.807) is 36.4 Å². The van der Waals surface area contributed by atoms with E-state index in [1.807, 2.05) is 0 Å². The van der Waals surface area contributed by atoms with E-state index in [4.69, 9.17) is 17.3 Å². The molecular weight excluding hydrogens is 344 g/mol. The number of amides is 3. The number of nitrogens with two attached hydrogens (primary N) is 1. The van der Waals surface area contributed by atoms with Gasteiger partial charge in [-0.25, -0.2) is 4.98 Å². The minimum atomic E-state index is -0.930. The smallest absolute Gasteiger partial charge is 0.254 e. The van der Waals surface area contributed by atoms with Crippen LogP contribution in [0.25, 0.3) is 0 Å². The summed E-state index contributed by atoms with van der Waals surface area (Å²) in [6, 6.07) is 8.84. The molecule has 0 aliphatic carbocycles. The molecule has 2 rings (SSSR count). The van der Waals surface area contributed by atoms with Crippen molar-refractivity contribution >= 4 is 35.0 Å². The van der Waals surface area contributed by atoms with Crippen molar-refractivity contribution in [2.45, 2.75) is 19.4 Å². The van der Waals surface area contributed by atoms with Crippen molar-refractivity contribution < 1.29 is 14.4 Å². The van der Waals surface area contributed by atoms with Crippen LogP contribution in [0.1, 0.15) is 22.8 Å². The molecule has 4 N–H and O–H groups in total. The minimum Gasteiger partial charge on any atom is -0.368 e. The SMILES string of the molecule is CC(=O)Nc1ccccc1C(=O)N[C@H](Cc1ccc(Cl)nc1)C(N)=O. The van der Waals surface area contributed by atoms with Crippen molar-refractivity contribution in [2.24, 2.45) is 5.73 Å².